The smallest absolute Gasteiger partial charge is 0.156 e. The van der Waals surface area contributed by atoms with Gasteiger partial charge in [-0.25, -0.2) is 12.8 Å². The maximum absolute atomic E-state index is 12.9. The lowest BCUT2D eigenvalue weighted by atomic mass is 10.2. The number of sulfone groups is 1. The molecule has 1 aromatic carbocycles. The fraction of sp³-hybridized carbons (Fsp3) is 0.455. The van der Waals surface area contributed by atoms with Gasteiger partial charge in [0.15, 0.2) is 9.84 Å². The van der Waals surface area contributed by atoms with Gasteiger partial charge >= 0.3 is 0 Å². The lowest BCUT2D eigenvalue weighted by Crippen LogP contribution is -2.17. The summed E-state index contributed by atoms with van der Waals surface area (Å²) in [6, 6.07) is 5.57. The Hall–Kier alpha value is -0.980. The van der Waals surface area contributed by atoms with E-state index < -0.39 is 15.7 Å². The zero-order valence-corrected chi connectivity index (χ0v) is 10.2. The average molecular weight is 261 g/mol. The van der Waals surface area contributed by atoms with Crippen LogP contribution in [0.25, 0.3) is 0 Å². The summed E-state index contributed by atoms with van der Waals surface area (Å²) < 4.78 is 41.1. The van der Waals surface area contributed by atoms with Gasteiger partial charge in [-0.05, 0) is 17.7 Å². The Morgan fingerprint density at radius 3 is 2.71 bits per heavy atom. The Labute approximate surface area is 101 Å². The molecule has 0 aliphatic carbocycles. The van der Waals surface area contributed by atoms with Crippen LogP contribution < -0.4 is 5.73 Å². The van der Waals surface area contributed by atoms with Gasteiger partial charge in [-0.1, -0.05) is 12.1 Å². The van der Waals surface area contributed by atoms with Crippen molar-refractivity contribution in [2.75, 3.05) is 25.5 Å². The third kappa shape index (κ3) is 5.76. The molecule has 0 bridgehead atoms. The van der Waals surface area contributed by atoms with E-state index in [0.29, 0.717) is 18.7 Å². The molecule has 0 atom stereocenters. The van der Waals surface area contributed by atoms with Crippen molar-refractivity contribution in [3.05, 3.63) is 35.6 Å². The van der Waals surface area contributed by atoms with E-state index in [1.807, 2.05) is 0 Å². The Morgan fingerprint density at radius 2 is 2.06 bits per heavy atom. The molecule has 0 radical (unpaired) electrons. The second-order valence-corrected chi connectivity index (χ2v) is 5.81. The van der Waals surface area contributed by atoms with E-state index in [1.165, 1.54) is 18.2 Å². The van der Waals surface area contributed by atoms with Crippen LogP contribution in [-0.2, 0) is 20.3 Å². The molecule has 0 heterocycles. The van der Waals surface area contributed by atoms with Gasteiger partial charge in [0.1, 0.15) is 5.82 Å². The quantitative estimate of drug-likeness (QED) is 0.734. The van der Waals surface area contributed by atoms with Crippen molar-refractivity contribution in [2.24, 2.45) is 5.73 Å². The molecule has 4 nitrogen and oxygen atoms in total. The van der Waals surface area contributed by atoms with Crippen LogP contribution in [0.15, 0.2) is 24.3 Å². The lowest BCUT2D eigenvalue weighted by Gasteiger charge is -2.05. The zero-order valence-electron chi connectivity index (χ0n) is 9.43. The third-order valence-corrected chi connectivity index (χ3v) is 3.64. The molecule has 0 saturated carbocycles. The number of halogens is 1. The molecule has 0 unspecified atom stereocenters. The molecule has 0 aliphatic rings. The van der Waals surface area contributed by atoms with Gasteiger partial charge in [0.2, 0.25) is 0 Å². The molecular formula is C11H16FNO3S. The SMILES string of the molecule is NCCOCCS(=O)(=O)Cc1cccc(F)c1. The van der Waals surface area contributed by atoms with Crippen LogP contribution in [-0.4, -0.2) is 33.9 Å². The second-order valence-electron chi connectivity index (χ2n) is 3.62. The highest BCUT2D eigenvalue weighted by atomic mass is 32.2. The summed E-state index contributed by atoms with van der Waals surface area (Å²) in [4.78, 5) is 0. The van der Waals surface area contributed by atoms with Crippen molar-refractivity contribution in [1.29, 1.82) is 0 Å². The highest BCUT2D eigenvalue weighted by Gasteiger charge is 2.12. The normalized spacial score (nSPS) is 11.6. The van der Waals surface area contributed by atoms with E-state index >= 15 is 0 Å². The van der Waals surface area contributed by atoms with E-state index in [1.54, 1.807) is 6.07 Å². The van der Waals surface area contributed by atoms with Gasteiger partial charge in [0, 0.05) is 6.54 Å². The predicted octanol–water partition coefficient (Wildman–Crippen LogP) is 0.716. The molecule has 0 aromatic heterocycles. The van der Waals surface area contributed by atoms with E-state index in [9.17, 15) is 12.8 Å². The highest BCUT2D eigenvalue weighted by molar-refractivity contribution is 7.90. The van der Waals surface area contributed by atoms with Crippen molar-refractivity contribution in [2.45, 2.75) is 5.75 Å². The molecular weight excluding hydrogens is 245 g/mol. The molecule has 1 rings (SSSR count). The fourth-order valence-electron chi connectivity index (χ4n) is 1.32. The first-order chi connectivity index (χ1) is 8.03. The first kappa shape index (κ1) is 14.1. The number of nitrogens with two attached hydrogens (primary N) is 1. The topological polar surface area (TPSA) is 69.4 Å². The number of hydrogen-bond donors (Lipinski definition) is 1. The fourth-order valence-corrected chi connectivity index (χ4v) is 2.53. The van der Waals surface area contributed by atoms with Crippen LogP contribution >= 0.6 is 0 Å². The number of ether oxygens (including phenoxy) is 1. The monoisotopic (exact) mass is 261 g/mol. The van der Waals surface area contributed by atoms with Crippen molar-refractivity contribution in [3.63, 3.8) is 0 Å². The summed E-state index contributed by atoms with van der Waals surface area (Å²) in [5.74, 6) is -0.683. The largest absolute Gasteiger partial charge is 0.379 e. The summed E-state index contributed by atoms with van der Waals surface area (Å²) in [5, 5.41) is 0. The van der Waals surface area contributed by atoms with E-state index in [-0.39, 0.29) is 18.1 Å². The number of rotatable bonds is 7. The highest BCUT2D eigenvalue weighted by Crippen LogP contribution is 2.08. The Balaban J connectivity index is 2.49. The molecule has 0 amide bonds. The van der Waals surface area contributed by atoms with Gasteiger partial charge in [-0.2, -0.15) is 0 Å². The Kier molecular flexibility index (Phi) is 5.54. The molecule has 0 spiro atoms. The summed E-state index contributed by atoms with van der Waals surface area (Å²) >= 11 is 0. The molecule has 0 aliphatic heterocycles. The molecule has 17 heavy (non-hydrogen) atoms. The number of hydrogen-bond acceptors (Lipinski definition) is 4. The molecule has 0 saturated heterocycles. The first-order valence-electron chi connectivity index (χ1n) is 5.26. The molecule has 2 N–H and O–H groups in total. The molecule has 1 aromatic rings. The van der Waals surface area contributed by atoms with Crippen molar-refractivity contribution in [3.8, 4) is 0 Å². The van der Waals surface area contributed by atoms with Gasteiger partial charge < -0.3 is 10.5 Å². The predicted molar refractivity (Wildman–Crippen MR) is 63.8 cm³/mol. The lowest BCUT2D eigenvalue weighted by molar-refractivity contribution is 0.157. The second kappa shape index (κ2) is 6.68. The van der Waals surface area contributed by atoms with Crippen LogP contribution in [0.2, 0.25) is 0 Å². The zero-order chi connectivity index (χ0) is 12.7. The summed E-state index contributed by atoms with van der Waals surface area (Å²) in [6.07, 6.45) is 0. The standard InChI is InChI=1S/C11H16FNO3S/c12-11-3-1-2-10(8-11)9-17(14,15)7-6-16-5-4-13/h1-3,8H,4-7,9,13H2. The van der Waals surface area contributed by atoms with Crippen molar-refractivity contribution in [1.82, 2.24) is 0 Å². The van der Waals surface area contributed by atoms with Gasteiger partial charge in [-0.3, -0.25) is 0 Å². The van der Waals surface area contributed by atoms with Crippen LogP contribution in [0, 0.1) is 5.82 Å². The maximum Gasteiger partial charge on any atom is 0.156 e. The van der Waals surface area contributed by atoms with Crippen LogP contribution in [0.5, 0.6) is 0 Å². The van der Waals surface area contributed by atoms with Gasteiger partial charge in [-0.15, -0.1) is 0 Å². The first-order valence-corrected chi connectivity index (χ1v) is 7.08. The minimum Gasteiger partial charge on any atom is -0.379 e. The van der Waals surface area contributed by atoms with Crippen LogP contribution in [0.4, 0.5) is 4.39 Å². The van der Waals surface area contributed by atoms with E-state index in [2.05, 4.69) is 0 Å². The average Bonchev–Trinajstić information content (AvgIpc) is 2.24. The summed E-state index contributed by atoms with van der Waals surface area (Å²) in [7, 11) is -3.26. The van der Waals surface area contributed by atoms with Gasteiger partial charge in [0.25, 0.3) is 0 Å². The molecule has 96 valence electrons. The third-order valence-electron chi connectivity index (χ3n) is 2.08. The minimum atomic E-state index is -3.26. The van der Waals surface area contributed by atoms with E-state index in [0.717, 1.165) is 0 Å². The summed E-state index contributed by atoms with van der Waals surface area (Å²) in [6.45, 7) is 0.828. The van der Waals surface area contributed by atoms with Crippen molar-refractivity contribution < 1.29 is 17.5 Å². The molecule has 6 heteroatoms. The Morgan fingerprint density at radius 1 is 1.29 bits per heavy atom. The maximum atomic E-state index is 12.9. The van der Waals surface area contributed by atoms with Gasteiger partial charge in [0.05, 0.1) is 24.7 Å². The minimum absolute atomic E-state index is 0.0798. The summed E-state index contributed by atoms with van der Waals surface area (Å²) in [5.41, 5.74) is 5.65. The van der Waals surface area contributed by atoms with E-state index in [4.69, 9.17) is 10.5 Å². The van der Waals surface area contributed by atoms with Crippen molar-refractivity contribution >= 4 is 9.84 Å². The van der Waals surface area contributed by atoms with Crippen LogP contribution in [0.3, 0.4) is 0 Å². The molecule has 0 fully saturated rings. The van der Waals surface area contributed by atoms with Crippen LogP contribution in [0.1, 0.15) is 5.56 Å². The Bertz CT molecular complexity index is 448. The number of benzene rings is 1.